The lowest BCUT2D eigenvalue weighted by atomic mass is 9.95. The maximum Gasteiger partial charge on any atom is 0.407 e. The summed E-state index contributed by atoms with van der Waals surface area (Å²) < 4.78 is 2.24. The highest BCUT2D eigenvalue weighted by Gasteiger charge is 2.41. The van der Waals surface area contributed by atoms with Crippen LogP contribution in [0, 0.1) is 11.3 Å². The minimum absolute atomic E-state index is 0.0316. The molecule has 152 valence electrons. The van der Waals surface area contributed by atoms with Gasteiger partial charge in [0.1, 0.15) is 6.04 Å². The number of fused-ring (bicyclic) bond motifs is 1. The van der Waals surface area contributed by atoms with Gasteiger partial charge in [0.15, 0.2) is 0 Å². The zero-order chi connectivity index (χ0) is 20.5. The fraction of sp³-hybridized carbons (Fsp3) is 0.500. The molecule has 0 radical (unpaired) electrons. The molecule has 2 aliphatic heterocycles. The van der Waals surface area contributed by atoms with Gasteiger partial charge in [-0.2, -0.15) is 5.26 Å². The van der Waals surface area contributed by atoms with Gasteiger partial charge >= 0.3 is 6.09 Å². The molecular formula is C22H26N4O3. The standard InChI is InChI=1S/C22H26N4O3/c1-2-24-18(13-16-6-5-15(14-23)12-20(16)24)8-7-17-9-11-25(17)21(27)19-4-3-10-26(19)22(28)29/h5-6,12-13,17,19H,2-4,7-11H2,1H3,(H,28,29)/t17-,19+/m0/s1. The summed E-state index contributed by atoms with van der Waals surface area (Å²) in [5.74, 6) is -0.0316. The summed E-state index contributed by atoms with van der Waals surface area (Å²) in [5, 5.41) is 19.6. The molecule has 3 heterocycles. The number of aryl methyl sites for hydroxylation is 2. The van der Waals surface area contributed by atoms with Crippen LogP contribution in [0.5, 0.6) is 0 Å². The zero-order valence-corrected chi connectivity index (χ0v) is 16.7. The Hall–Kier alpha value is -3.01. The van der Waals surface area contributed by atoms with E-state index in [1.54, 1.807) is 0 Å². The van der Waals surface area contributed by atoms with Crippen LogP contribution in [0.1, 0.15) is 43.9 Å². The fourth-order valence-corrected chi connectivity index (χ4v) is 4.75. The number of nitrogens with zero attached hydrogens (tertiary/aromatic N) is 4. The molecule has 1 aromatic carbocycles. The number of hydrogen-bond donors (Lipinski definition) is 1. The predicted molar refractivity (Wildman–Crippen MR) is 109 cm³/mol. The first-order valence-corrected chi connectivity index (χ1v) is 10.4. The number of carbonyl (C=O) groups excluding carboxylic acids is 1. The van der Waals surface area contributed by atoms with E-state index >= 15 is 0 Å². The van der Waals surface area contributed by atoms with E-state index in [2.05, 4.69) is 23.6 Å². The molecule has 7 heteroatoms. The minimum Gasteiger partial charge on any atom is -0.465 e. The molecule has 4 rings (SSSR count). The Morgan fingerprint density at radius 3 is 2.69 bits per heavy atom. The van der Waals surface area contributed by atoms with Gasteiger partial charge in [-0.25, -0.2) is 4.79 Å². The summed E-state index contributed by atoms with van der Waals surface area (Å²) in [6, 6.07) is 9.80. The lowest BCUT2D eigenvalue weighted by Gasteiger charge is -2.43. The van der Waals surface area contributed by atoms with E-state index in [1.165, 1.54) is 10.6 Å². The van der Waals surface area contributed by atoms with Crippen LogP contribution in [-0.4, -0.2) is 56.6 Å². The molecule has 2 fully saturated rings. The van der Waals surface area contributed by atoms with Crippen LogP contribution in [0.4, 0.5) is 4.79 Å². The number of benzene rings is 1. The van der Waals surface area contributed by atoms with Crippen molar-refractivity contribution in [3.63, 3.8) is 0 Å². The van der Waals surface area contributed by atoms with Crippen molar-refractivity contribution >= 4 is 22.9 Å². The Kier molecular flexibility index (Phi) is 5.18. The van der Waals surface area contributed by atoms with Crippen molar-refractivity contribution in [3.8, 4) is 6.07 Å². The van der Waals surface area contributed by atoms with E-state index in [-0.39, 0.29) is 11.9 Å². The molecule has 0 bridgehead atoms. The summed E-state index contributed by atoms with van der Waals surface area (Å²) >= 11 is 0. The van der Waals surface area contributed by atoms with Crippen LogP contribution in [0.15, 0.2) is 24.3 Å². The predicted octanol–water partition coefficient (Wildman–Crippen LogP) is 3.21. The molecule has 2 aromatic rings. The number of carboxylic acid groups (broad SMARTS) is 1. The van der Waals surface area contributed by atoms with E-state index in [4.69, 9.17) is 0 Å². The average molecular weight is 394 g/mol. The number of aromatic nitrogens is 1. The second kappa shape index (κ2) is 7.78. The van der Waals surface area contributed by atoms with Gasteiger partial charge in [-0.15, -0.1) is 0 Å². The van der Waals surface area contributed by atoms with Crippen molar-refractivity contribution in [3.05, 3.63) is 35.5 Å². The van der Waals surface area contributed by atoms with E-state index in [9.17, 15) is 20.0 Å². The van der Waals surface area contributed by atoms with Gasteiger partial charge in [-0.1, -0.05) is 6.07 Å². The average Bonchev–Trinajstić information content (AvgIpc) is 3.31. The quantitative estimate of drug-likeness (QED) is 0.843. The topological polar surface area (TPSA) is 89.6 Å². The Morgan fingerprint density at radius 2 is 2.03 bits per heavy atom. The molecule has 29 heavy (non-hydrogen) atoms. The minimum atomic E-state index is -0.998. The summed E-state index contributed by atoms with van der Waals surface area (Å²) in [6.45, 7) is 4.10. The molecular weight excluding hydrogens is 368 g/mol. The maximum atomic E-state index is 12.9. The van der Waals surface area contributed by atoms with Crippen LogP contribution in [-0.2, 0) is 17.8 Å². The van der Waals surface area contributed by atoms with Crippen LogP contribution in [0.25, 0.3) is 10.9 Å². The first-order valence-electron chi connectivity index (χ1n) is 10.4. The SMILES string of the molecule is CCn1c(CC[C@H]2CCN2C(=O)[C@H]2CCCN2C(=O)O)cc2ccc(C#N)cc21. The van der Waals surface area contributed by atoms with Crippen molar-refractivity contribution < 1.29 is 14.7 Å². The molecule has 1 aromatic heterocycles. The van der Waals surface area contributed by atoms with E-state index in [0.717, 1.165) is 49.7 Å². The molecule has 2 amide bonds. The zero-order valence-electron chi connectivity index (χ0n) is 16.7. The highest BCUT2D eigenvalue weighted by Crippen LogP contribution is 2.29. The number of likely N-dealkylation sites (tertiary alicyclic amines) is 2. The highest BCUT2D eigenvalue weighted by molar-refractivity contribution is 5.86. The van der Waals surface area contributed by atoms with Crippen molar-refractivity contribution in [1.82, 2.24) is 14.4 Å². The van der Waals surface area contributed by atoms with Crippen LogP contribution >= 0.6 is 0 Å². The molecule has 0 unspecified atom stereocenters. The van der Waals surface area contributed by atoms with E-state index in [0.29, 0.717) is 18.5 Å². The highest BCUT2D eigenvalue weighted by atomic mass is 16.4. The monoisotopic (exact) mass is 394 g/mol. The summed E-state index contributed by atoms with van der Waals surface area (Å²) in [4.78, 5) is 27.4. The lowest BCUT2D eigenvalue weighted by Crippen LogP contribution is -2.57. The third kappa shape index (κ3) is 3.44. The number of nitriles is 1. The fourth-order valence-electron chi connectivity index (χ4n) is 4.75. The van der Waals surface area contributed by atoms with Crippen LogP contribution < -0.4 is 0 Å². The second-order valence-electron chi connectivity index (χ2n) is 7.91. The first-order chi connectivity index (χ1) is 14.0. The van der Waals surface area contributed by atoms with Gasteiger partial charge in [-0.3, -0.25) is 9.69 Å². The second-order valence-corrected chi connectivity index (χ2v) is 7.91. The van der Waals surface area contributed by atoms with Crippen molar-refractivity contribution in [2.45, 2.75) is 57.7 Å². The molecule has 2 atom stereocenters. The van der Waals surface area contributed by atoms with Gasteiger partial charge in [-0.05, 0) is 62.6 Å². The third-order valence-corrected chi connectivity index (χ3v) is 6.38. The number of rotatable bonds is 5. The summed E-state index contributed by atoms with van der Waals surface area (Å²) in [7, 11) is 0. The molecule has 1 N–H and O–H groups in total. The Labute approximate surface area is 170 Å². The number of carbonyl (C=O) groups is 2. The van der Waals surface area contributed by atoms with Gasteiger partial charge in [0.25, 0.3) is 0 Å². The van der Waals surface area contributed by atoms with Crippen molar-refractivity contribution in [2.75, 3.05) is 13.1 Å². The molecule has 0 aliphatic carbocycles. The van der Waals surface area contributed by atoms with Gasteiger partial charge in [0.2, 0.25) is 5.91 Å². The van der Waals surface area contributed by atoms with Gasteiger partial charge < -0.3 is 14.6 Å². The van der Waals surface area contributed by atoms with Crippen molar-refractivity contribution in [1.29, 1.82) is 5.26 Å². The van der Waals surface area contributed by atoms with E-state index in [1.807, 2.05) is 23.1 Å². The Morgan fingerprint density at radius 1 is 1.21 bits per heavy atom. The maximum absolute atomic E-state index is 12.9. The molecule has 0 spiro atoms. The smallest absolute Gasteiger partial charge is 0.407 e. The van der Waals surface area contributed by atoms with Crippen LogP contribution in [0.2, 0.25) is 0 Å². The Balaban J connectivity index is 1.45. The summed E-state index contributed by atoms with van der Waals surface area (Å²) in [6.07, 6.45) is 3.07. The summed E-state index contributed by atoms with van der Waals surface area (Å²) in [5.41, 5.74) is 2.95. The van der Waals surface area contributed by atoms with Crippen LogP contribution in [0.3, 0.4) is 0 Å². The van der Waals surface area contributed by atoms with Crippen molar-refractivity contribution in [2.24, 2.45) is 0 Å². The molecule has 2 saturated heterocycles. The van der Waals surface area contributed by atoms with E-state index < -0.39 is 12.1 Å². The number of amides is 2. The molecule has 0 saturated carbocycles. The largest absolute Gasteiger partial charge is 0.465 e. The third-order valence-electron chi connectivity index (χ3n) is 6.38. The normalized spacial score (nSPS) is 21.2. The number of hydrogen-bond acceptors (Lipinski definition) is 3. The van der Waals surface area contributed by atoms with Gasteiger partial charge in [0.05, 0.1) is 11.6 Å². The van der Waals surface area contributed by atoms with Gasteiger partial charge in [0, 0.05) is 36.9 Å². The lowest BCUT2D eigenvalue weighted by molar-refractivity contribution is -0.143. The Bertz CT molecular complexity index is 990. The first kappa shape index (κ1) is 19.3. The molecule has 7 nitrogen and oxygen atoms in total. The molecule has 2 aliphatic rings.